The molecule has 96 valence electrons. The van der Waals surface area contributed by atoms with Crippen LogP contribution in [0.1, 0.15) is 36.4 Å². The van der Waals surface area contributed by atoms with E-state index in [9.17, 15) is 4.79 Å². The molecule has 0 aromatic heterocycles. The number of carbonyl (C=O) groups excluding carboxylic acids is 1. The van der Waals surface area contributed by atoms with E-state index >= 15 is 0 Å². The van der Waals surface area contributed by atoms with Crippen molar-refractivity contribution in [1.29, 1.82) is 0 Å². The SMILES string of the molecule is O=C(NCC1CCC1)C1NCCc2ccccc21. The topological polar surface area (TPSA) is 41.1 Å². The van der Waals surface area contributed by atoms with Gasteiger partial charge in [0.05, 0.1) is 0 Å². The summed E-state index contributed by atoms with van der Waals surface area (Å²) in [5, 5.41) is 6.42. The molecule has 18 heavy (non-hydrogen) atoms. The second kappa shape index (κ2) is 5.11. The summed E-state index contributed by atoms with van der Waals surface area (Å²) >= 11 is 0. The minimum Gasteiger partial charge on any atom is -0.354 e. The van der Waals surface area contributed by atoms with Gasteiger partial charge in [-0.2, -0.15) is 0 Å². The Morgan fingerprint density at radius 1 is 1.33 bits per heavy atom. The van der Waals surface area contributed by atoms with E-state index in [-0.39, 0.29) is 11.9 Å². The van der Waals surface area contributed by atoms with Crippen LogP contribution < -0.4 is 10.6 Å². The lowest BCUT2D eigenvalue weighted by Crippen LogP contribution is -2.43. The zero-order chi connectivity index (χ0) is 12.4. The first-order chi connectivity index (χ1) is 8.84. The lowest BCUT2D eigenvalue weighted by Gasteiger charge is -2.29. The summed E-state index contributed by atoms with van der Waals surface area (Å²) in [6, 6.07) is 8.10. The largest absolute Gasteiger partial charge is 0.354 e. The third-order valence-corrected chi connectivity index (χ3v) is 4.16. The minimum atomic E-state index is -0.157. The molecule has 0 spiro atoms. The van der Waals surface area contributed by atoms with E-state index in [2.05, 4.69) is 22.8 Å². The molecular formula is C15H20N2O. The van der Waals surface area contributed by atoms with Crippen molar-refractivity contribution in [2.45, 2.75) is 31.7 Å². The molecule has 1 unspecified atom stereocenters. The van der Waals surface area contributed by atoms with Gasteiger partial charge in [-0.3, -0.25) is 4.79 Å². The van der Waals surface area contributed by atoms with Crippen LogP contribution in [-0.4, -0.2) is 19.0 Å². The van der Waals surface area contributed by atoms with Gasteiger partial charge in [0.25, 0.3) is 0 Å². The summed E-state index contributed by atoms with van der Waals surface area (Å²) in [5.74, 6) is 0.849. The molecule has 1 saturated carbocycles. The molecule has 1 amide bonds. The van der Waals surface area contributed by atoms with Crippen molar-refractivity contribution >= 4 is 5.91 Å². The van der Waals surface area contributed by atoms with Crippen molar-refractivity contribution in [3.8, 4) is 0 Å². The van der Waals surface area contributed by atoms with Gasteiger partial charge in [-0.1, -0.05) is 30.7 Å². The highest BCUT2D eigenvalue weighted by atomic mass is 16.2. The Morgan fingerprint density at radius 2 is 2.17 bits per heavy atom. The summed E-state index contributed by atoms with van der Waals surface area (Å²) in [6.45, 7) is 1.73. The van der Waals surface area contributed by atoms with Crippen LogP contribution in [0.3, 0.4) is 0 Å². The van der Waals surface area contributed by atoms with E-state index in [0.29, 0.717) is 5.92 Å². The number of carbonyl (C=O) groups is 1. The fraction of sp³-hybridized carbons (Fsp3) is 0.533. The zero-order valence-electron chi connectivity index (χ0n) is 10.6. The van der Waals surface area contributed by atoms with Gasteiger partial charge in [0.15, 0.2) is 0 Å². The van der Waals surface area contributed by atoms with Gasteiger partial charge in [-0.05, 0) is 36.3 Å². The van der Waals surface area contributed by atoms with Crippen LogP contribution in [0.15, 0.2) is 24.3 Å². The summed E-state index contributed by atoms with van der Waals surface area (Å²) < 4.78 is 0. The van der Waals surface area contributed by atoms with Crippen LogP contribution in [0.2, 0.25) is 0 Å². The molecule has 2 N–H and O–H groups in total. The fourth-order valence-electron chi connectivity index (χ4n) is 2.78. The molecule has 3 rings (SSSR count). The predicted molar refractivity (Wildman–Crippen MR) is 71.2 cm³/mol. The maximum atomic E-state index is 12.2. The predicted octanol–water partition coefficient (Wildman–Crippen LogP) is 1.79. The molecule has 2 aliphatic rings. The number of hydrogen-bond donors (Lipinski definition) is 2. The average molecular weight is 244 g/mol. The van der Waals surface area contributed by atoms with E-state index < -0.39 is 0 Å². The zero-order valence-corrected chi connectivity index (χ0v) is 10.6. The molecule has 1 fully saturated rings. The van der Waals surface area contributed by atoms with Gasteiger partial charge in [0.1, 0.15) is 6.04 Å². The van der Waals surface area contributed by atoms with Gasteiger partial charge in [0, 0.05) is 13.1 Å². The third-order valence-electron chi connectivity index (χ3n) is 4.16. The second-order valence-corrected chi connectivity index (χ2v) is 5.38. The van der Waals surface area contributed by atoms with E-state index in [1.165, 1.54) is 24.8 Å². The van der Waals surface area contributed by atoms with E-state index in [1.807, 2.05) is 12.1 Å². The third kappa shape index (κ3) is 2.27. The Kier molecular flexibility index (Phi) is 3.33. The Morgan fingerprint density at radius 3 is 2.94 bits per heavy atom. The van der Waals surface area contributed by atoms with Crippen LogP contribution in [0.4, 0.5) is 0 Å². The molecule has 1 aromatic carbocycles. The first kappa shape index (κ1) is 11.7. The molecule has 1 heterocycles. The molecule has 0 bridgehead atoms. The van der Waals surface area contributed by atoms with Crippen molar-refractivity contribution in [2.75, 3.05) is 13.1 Å². The number of rotatable bonds is 3. The summed E-state index contributed by atoms with van der Waals surface area (Å²) in [5.41, 5.74) is 2.45. The van der Waals surface area contributed by atoms with Crippen molar-refractivity contribution in [3.05, 3.63) is 35.4 Å². The van der Waals surface area contributed by atoms with Gasteiger partial charge in [0.2, 0.25) is 5.91 Å². The van der Waals surface area contributed by atoms with Crippen molar-refractivity contribution < 1.29 is 4.79 Å². The highest BCUT2D eigenvalue weighted by Gasteiger charge is 2.26. The molecule has 3 heteroatoms. The maximum absolute atomic E-state index is 12.2. The standard InChI is InChI=1S/C15H20N2O/c18-15(17-10-11-4-3-5-11)14-13-7-2-1-6-12(13)8-9-16-14/h1-2,6-7,11,14,16H,3-5,8-10H2,(H,17,18). The number of amides is 1. The Balaban J connectivity index is 1.66. The molecular weight excluding hydrogens is 224 g/mol. The minimum absolute atomic E-state index is 0.133. The normalized spacial score (nSPS) is 23.0. The Hall–Kier alpha value is -1.35. The molecule has 0 saturated heterocycles. The molecule has 1 aliphatic carbocycles. The van der Waals surface area contributed by atoms with E-state index in [4.69, 9.17) is 0 Å². The quantitative estimate of drug-likeness (QED) is 0.851. The lowest BCUT2D eigenvalue weighted by molar-refractivity contribution is -0.123. The Labute approximate surface area is 108 Å². The lowest BCUT2D eigenvalue weighted by atomic mass is 9.85. The monoisotopic (exact) mass is 244 g/mol. The summed E-state index contributed by atoms with van der Waals surface area (Å²) in [4.78, 5) is 12.2. The van der Waals surface area contributed by atoms with Crippen molar-refractivity contribution in [3.63, 3.8) is 0 Å². The fourth-order valence-corrected chi connectivity index (χ4v) is 2.78. The number of hydrogen-bond acceptors (Lipinski definition) is 2. The number of benzene rings is 1. The highest BCUT2D eigenvalue weighted by Crippen LogP contribution is 2.26. The van der Waals surface area contributed by atoms with Crippen LogP contribution in [0.5, 0.6) is 0 Å². The molecule has 1 atom stereocenters. The smallest absolute Gasteiger partial charge is 0.241 e. The van der Waals surface area contributed by atoms with Crippen LogP contribution in [0, 0.1) is 5.92 Å². The van der Waals surface area contributed by atoms with Crippen LogP contribution in [-0.2, 0) is 11.2 Å². The summed E-state index contributed by atoms with van der Waals surface area (Å²) in [7, 11) is 0. The number of nitrogens with one attached hydrogen (secondary N) is 2. The summed E-state index contributed by atoms with van der Waals surface area (Å²) in [6.07, 6.45) is 4.89. The number of fused-ring (bicyclic) bond motifs is 1. The van der Waals surface area contributed by atoms with Crippen LogP contribution >= 0.6 is 0 Å². The van der Waals surface area contributed by atoms with E-state index in [1.54, 1.807) is 0 Å². The van der Waals surface area contributed by atoms with Gasteiger partial charge >= 0.3 is 0 Å². The highest BCUT2D eigenvalue weighted by molar-refractivity contribution is 5.83. The molecule has 3 nitrogen and oxygen atoms in total. The maximum Gasteiger partial charge on any atom is 0.241 e. The molecule has 1 aliphatic heterocycles. The van der Waals surface area contributed by atoms with Gasteiger partial charge < -0.3 is 10.6 Å². The molecule has 0 radical (unpaired) electrons. The first-order valence-electron chi connectivity index (χ1n) is 6.93. The van der Waals surface area contributed by atoms with Crippen molar-refractivity contribution in [1.82, 2.24) is 10.6 Å². The van der Waals surface area contributed by atoms with Gasteiger partial charge in [-0.25, -0.2) is 0 Å². The van der Waals surface area contributed by atoms with E-state index in [0.717, 1.165) is 25.1 Å². The van der Waals surface area contributed by atoms with Gasteiger partial charge in [-0.15, -0.1) is 0 Å². The van der Waals surface area contributed by atoms with Crippen LogP contribution in [0.25, 0.3) is 0 Å². The second-order valence-electron chi connectivity index (χ2n) is 5.38. The van der Waals surface area contributed by atoms with Crippen molar-refractivity contribution in [2.24, 2.45) is 5.92 Å². The average Bonchev–Trinajstić information content (AvgIpc) is 2.36. The Bertz CT molecular complexity index is 440. The molecule has 1 aromatic rings. The first-order valence-corrected chi connectivity index (χ1v) is 6.93.